The van der Waals surface area contributed by atoms with E-state index < -0.39 is 0 Å². The zero-order chi connectivity index (χ0) is 9.15. The van der Waals surface area contributed by atoms with Crippen molar-refractivity contribution in [2.75, 3.05) is 6.54 Å². The monoisotopic (exact) mass is 181 g/mol. The first-order valence-electron chi connectivity index (χ1n) is 6.07. The van der Waals surface area contributed by atoms with Crippen LogP contribution in [0.25, 0.3) is 0 Å². The zero-order valence-electron chi connectivity index (χ0n) is 8.73. The first kappa shape index (κ1) is 9.51. The molecule has 0 unspecified atom stereocenters. The van der Waals surface area contributed by atoms with Crippen LogP contribution in [0.15, 0.2) is 0 Å². The fourth-order valence-corrected chi connectivity index (χ4v) is 3.01. The summed E-state index contributed by atoms with van der Waals surface area (Å²) in [6.07, 6.45) is 13.1. The van der Waals surface area contributed by atoms with E-state index in [1.54, 1.807) is 0 Å². The van der Waals surface area contributed by atoms with Crippen molar-refractivity contribution in [3.8, 4) is 0 Å². The van der Waals surface area contributed by atoms with Crippen molar-refractivity contribution >= 4 is 0 Å². The van der Waals surface area contributed by atoms with Gasteiger partial charge in [-0.1, -0.05) is 32.1 Å². The predicted octanol–water partition coefficient (Wildman–Crippen LogP) is 3.09. The van der Waals surface area contributed by atoms with Gasteiger partial charge < -0.3 is 5.73 Å². The Morgan fingerprint density at radius 2 is 1.46 bits per heavy atom. The van der Waals surface area contributed by atoms with E-state index in [0.717, 1.165) is 12.5 Å². The molecule has 2 fully saturated rings. The van der Waals surface area contributed by atoms with Gasteiger partial charge in [0.15, 0.2) is 0 Å². The Balaban J connectivity index is 1.88. The molecule has 0 aromatic rings. The molecule has 13 heavy (non-hydrogen) atoms. The van der Waals surface area contributed by atoms with Crippen molar-refractivity contribution in [2.45, 2.75) is 57.8 Å². The lowest BCUT2D eigenvalue weighted by molar-refractivity contribution is 0.250. The molecule has 0 amide bonds. The summed E-state index contributed by atoms with van der Waals surface area (Å²) in [4.78, 5) is 0. The van der Waals surface area contributed by atoms with E-state index in [-0.39, 0.29) is 0 Å². The van der Waals surface area contributed by atoms with Crippen LogP contribution in [-0.2, 0) is 0 Å². The van der Waals surface area contributed by atoms with Gasteiger partial charge in [-0.25, -0.2) is 0 Å². The molecule has 0 bridgehead atoms. The van der Waals surface area contributed by atoms with Crippen molar-refractivity contribution in [3.05, 3.63) is 0 Å². The van der Waals surface area contributed by atoms with Crippen LogP contribution in [0.4, 0.5) is 0 Å². The molecule has 2 rings (SSSR count). The van der Waals surface area contributed by atoms with Gasteiger partial charge in [0, 0.05) is 0 Å². The molecule has 2 N–H and O–H groups in total. The molecule has 0 aromatic carbocycles. The maximum atomic E-state index is 5.89. The van der Waals surface area contributed by atoms with Gasteiger partial charge in [0.25, 0.3) is 0 Å². The lowest BCUT2D eigenvalue weighted by Gasteiger charge is -2.27. The summed E-state index contributed by atoms with van der Waals surface area (Å²) in [5.74, 6) is 0.984. The molecular formula is C12H23N. The number of hydrogen-bond acceptors (Lipinski definition) is 1. The van der Waals surface area contributed by atoms with Gasteiger partial charge in [0.05, 0.1) is 0 Å². The van der Waals surface area contributed by atoms with Gasteiger partial charge in [-0.3, -0.25) is 0 Å². The second-order valence-electron chi connectivity index (χ2n) is 5.11. The summed E-state index contributed by atoms with van der Waals surface area (Å²) < 4.78 is 0. The van der Waals surface area contributed by atoms with Gasteiger partial charge in [-0.05, 0) is 43.6 Å². The average Bonchev–Trinajstić information content (AvgIpc) is 2.84. The van der Waals surface area contributed by atoms with Crippen LogP contribution in [0.2, 0.25) is 0 Å². The predicted molar refractivity (Wildman–Crippen MR) is 56.5 cm³/mol. The second kappa shape index (κ2) is 4.00. The van der Waals surface area contributed by atoms with E-state index in [4.69, 9.17) is 5.73 Å². The largest absolute Gasteiger partial charge is 0.330 e. The Morgan fingerprint density at radius 1 is 0.923 bits per heavy atom. The van der Waals surface area contributed by atoms with E-state index in [9.17, 15) is 0 Å². The number of nitrogens with two attached hydrogens (primary N) is 1. The lowest BCUT2D eigenvalue weighted by atomic mass is 9.79. The van der Waals surface area contributed by atoms with Crippen molar-refractivity contribution in [1.29, 1.82) is 0 Å². The molecular weight excluding hydrogens is 158 g/mol. The third-order valence-electron chi connectivity index (χ3n) is 4.27. The van der Waals surface area contributed by atoms with Crippen LogP contribution in [0.3, 0.4) is 0 Å². The SMILES string of the molecule is NCC1(C2CCCCCCC2)CC1. The molecule has 1 nitrogen and oxygen atoms in total. The average molecular weight is 181 g/mol. The Bertz CT molecular complexity index is 153. The van der Waals surface area contributed by atoms with Gasteiger partial charge >= 0.3 is 0 Å². The molecule has 2 aliphatic rings. The van der Waals surface area contributed by atoms with Gasteiger partial charge in [0.2, 0.25) is 0 Å². The van der Waals surface area contributed by atoms with Gasteiger partial charge in [-0.2, -0.15) is 0 Å². The summed E-state index contributed by atoms with van der Waals surface area (Å²) in [6, 6.07) is 0. The second-order valence-corrected chi connectivity index (χ2v) is 5.11. The first-order chi connectivity index (χ1) is 6.37. The van der Waals surface area contributed by atoms with E-state index >= 15 is 0 Å². The summed E-state index contributed by atoms with van der Waals surface area (Å²) in [7, 11) is 0. The normalized spacial score (nSPS) is 29.3. The maximum Gasteiger partial charge on any atom is -0.00179 e. The van der Waals surface area contributed by atoms with Crippen molar-refractivity contribution in [1.82, 2.24) is 0 Å². The molecule has 0 heterocycles. The van der Waals surface area contributed by atoms with Crippen LogP contribution in [0, 0.1) is 11.3 Å². The van der Waals surface area contributed by atoms with Gasteiger partial charge in [0.1, 0.15) is 0 Å². The molecule has 1 heteroatoms. The Hall–Kier alpha value is -0.0400. The Morgan fingerprint density at radius 3 is 1.92 bits per heavy atom. The molecule has 0 atom stereocenters. The molecule has 0 aromatic heterocycles. The van der Waals surface area contributed by atoms with Gasteiger partial charge in [-0.15, -0.1) is 0 Å². The van der Waals surface area contributed by atoms with E-state index in [1.165, 1.54) is 57.8 Å². The van der Waals surface area contributed by atoms with Crippen molar-refractivity contribution < 1.29 is 0 Å². The molecule has 2 aliphatic carbocycles. The number of hydrogen-bond donors (Lipinski definition) is 1. The van der Waals surface area contributed by atoms with E-state index in [1.807, 2.05) is 0 Å². The summed E-state index contributed by atoms with van der Waals surface area (Å²) in [6.45, 7) is 0.956. The molecule has 0 spiro atoms. The van der Waals surface area contributed by atoms with Crippen molar-refractivity contribution in [3.63, 3.8) is 0 Å². The summed E-state index contributed by atoms with van der Waals surface area (Å²) >= 11 is 0. The van der Waals surface area contributed by atoms with Crippen molar-refractivity contribution in [2.24, 2.45) is 17.1 Å². The third-order valence-corrected chi connectivity index (χ3v) is 4.27. The van der Waals surface area contributed by atoms with Crippen LogP contribution >= 0.6 is 0 Å². The highest BCUT2D eigenvalue weighted by Gasteiger charge is 2.47. The molecule has 0 aliphatic heterocycles. The summed E-state index contributed by atoms with van der Waals surface area (Å²) in [5, 5.41) is 0. The highest BCUT2D eigenvalue weighted by atomic mass is 14.7. The molecule has 0 radical (unpaired) electrons. The molecule has 2 saturated carbocycles. The van der Waals surface area contributed by atoms with Crippen LogP contribution in [0.1, 0.15) is 57.8 Å². The highest BCUT2D eigenvalue weighted by molar-refractivity contribution is 4.99. The quantitative estimate of drug-likeness (QED) is 0.696. The van der Waals surface area contributed by atoms with E-state index in [0.29, 0.717) is 5.41 Å². The smallest absolute Gasteiger partial charge is 0.00179 e. The number of rotatable bonds is 2. The minimum Gasteiger partial charge on any atom is -0.330 e. The first-order valence-corrected chi connectivity index (χ1v) is 6.07. The molecule has 76 valence electrons. The Labute approximate surface area is 82.1 Å². The fourth-order valence-electron chi connectivity index (χ4n) is 3.01. The van der Waals surface area contributed by atoms with Crippen LogP contribution in [-0.4, -0.2) is 6.54 Å². The highest BCUT2D eigenvalue weighted by Crippen LogP contribution is 2.54. The maximum absolute atomic E-state index is 5.89. The minimum atomic E-state index is 0.622. The standard InChI is InChI=1S/C12H23N/c13-10-12(8-9-12)11-6-4-2-1-3-5-7-11/h11H,1-10,13H2. The lowest BCUT2D eigenvalue weighted by Crippen LogP contribution is -2.25. The fraction of sp³-hybridized carbons (Fsp3) is 1.00. The van der Waals surface area contributed by atoms with Crippen LogP contribution < -0.4 is 5.73 Å². The molecule has 0 saturated heterocycles. The van der Waals surface area contributed by atoms with Crippen LogP contribution in [0.5, 0.6) is 0 Å². The van der Waals surface area contributed by atoms with E-state index in [2.05, 4.69) is 0 Å². The Kier molecular flexibility index (Phi) is 2.92. The summed E-state index contributed by atoms with van der Waals surface area (Å²) in [5.41, 5.74) is 6.51. The zero-order valence-corrected chi connectivity index (χ0v) is 8.73. The topological polar surface area (TPSA) is 26.0 Å². The third kappa shape index (κ3) is 2.07. The minimum absolute atomic E-state index is 0.622.